The number of anilines is 1. The lowest BCUT2D eigenvalue weighted by atomic mass is 10.0. The van der Waals surface area contributed by atoms with Crippen LogP contribution in [0.3, 0.4) is 0 Å². The van der Waals surface area contributed by atoms with E-state index in [9.17, 15) is 13.2 Å². The third-order valence-electron chi connectivity index (χ3n) is 3.79. The quantitative estimate of drug-likeness (QED) is 0.632. The van der Waals surface area contributed by atoms with Crippen LogP contribution >= 0.6 is 0 Å². The Labute approximate surface area is 143 Å². The summed E-state index contributed by atoms with van der Waals surface area (Å²) in [6, 6.07) is 20.5. The summed E-state index contributed by atoms with van der Waals surface area (Å²) in [5, 5.41) is 0. The Morgan fingerprint density at radius 1 is 0.840 bits per heavy atom. The molecule has 0 unspecified atom stereocenters. The molecule has 0 saturated heterocycles. The van der Waals surface area contributed by atoms with Crippen LogP contribution in [-0.2, 0) is 12.8 Å². The maximum Gasteiger partial charge on any atom is 0.418 e. The molecule has 2 nitrogen and oxygen atoms in total. The molecule has 0 bridgehead atoms. The fourth-order valence-corrected chi connectivity index (χ4v) is 2.54. The predicted molar refractivity (Wildman–Crippen MR) is 92.1 cm³/mol. The number of halogens is 3. The van der Waals surface area contributed by atoms with Crippen LogP contribution in [0.15, 0.2) is 72.8 Å². The SMILES string of the molecule is Nc1ccc(-c2ccccc2OCc2ccccc2)cc1C(F)(F)F. The van der Waals surface area contributed by atoms with E-state index in [0.29, 0.717) is 23.5 Å². The summed E-state index contributed by atoms with van der Waals surface area (Å²) in [7, 11) is 0. The van der Waals surface area contributed by atoms with Crippen LogP contribution in [0, 0.1) is 0 Å². The number of benzene rings is 3. The molecule has 0 heterocycles. The monoisotopic (exact) mass is 343 g/mol. The molecule has 0 atom stereocenters. The van der Waals surface area contributed by atoms with E-state index in [-0.39, 0.29) is 5.69 Å². The van der Waals surface area contributed by atoms with E-state index < -0.39 is 11.7 Å². The first-order valence-corrected chi connectivity index (χ1v) is 7.68. The molecule has 0 radical (unpaired) electrons. The highest BCUT2D eigenvalue weighted by molar-refractivity contribution is 5.73. The van der Waals surface area contributed by atoms with Crippen molar-refractivity contribution in [3.8, 4) is 16.9 Å². The van der Waals surface area contributed by atoms with Gasteiger partial charge in [0, 0.05) is 11.3 Å². The summed E-state index contributed by atoms with van der Waals surface area (Å²) in [5.74, 6) is 0.518. The van der Waals surface area contributed by atoms with Gasteiger partial charge in [-0.25, -0.2) is 0 Å². The van der Waals surface area contributed by atoms with E-state index in [1.54, 1.807) is 30.3 Å². The van der Waals surface area contributed by atoms with Crippen molar-refractivity contribution in [1.82, 2.24) is 0 Å². The van der Waals surface area contributed by atoms with Crippen molar-refractivity contribution in [2.45, 2.75) is 12.8 Å². The van der Waals surface area contributed by atoms with Gasteiger partial charge < -0.3 is 10.5 Å². The molecule has 3 rings (SSSR count). The number of alkyl halides is 3. The smallest absolute Gasteiger partial charge is 0.418 e. The van der Waals surface area contributed by atoms with Gasteiger partial charge in [0.15, 0.2) is 0 Å². The molecule has 0 fully saturated rings. The Morgan fingerprint density at radius 3 is 2.24 bits per heavy atom. The van der Waals surface area contributed by atoms with E-state index in [2.05, 4.69) is 0 Å². The Hall–Kier alpha value is -2.95. The van der Waals surface area contributed by atoms with Crippen LogP contribution in [-0.4, -0.2) is 0 Å². The van der Waals surface area contributed by atoms with Gasteiger partial charge in [0.1, 0.15) is 12.4 Å². The van der Waals surface area contributed by atoms with Gasteiger partial charge in [0.25, 0.3) is 0 Å². The summed E-state index contributed by atoms with van der Waals surface area (Å²) >= 11 is 0. The van der Waals surface area contributed by atoms with E-state index in [4.69, 9.17) is 10.5 Å². The van der Waals surface area contributed by atoms with Crippen molar-refractivity contribution < 1.29 is 17.9 Å². The third-order valence-corrected chi connectivity index (χ3v) is 3.79. The first-order chi connectivity index (χ1) is 11.9. The molecule has 5 heteroatoms. The van der Waals surface area contributed by atoms with Crippen molar-refractivity contribution in [2.75, 3.05) is 5.73 Å². The molecule has 128 valence electrons. The van der Waals surface area contributed by atoms with Gasteiger partial charge in [-0.2, -0.15) is 13.2 Å². The zero-order valence-electron chi connectivity index (χ0n) is 13.3. The van der Waals surface area contributed by atoms with E-state index in [1.807, 2.05) is 30.3 Å². The van der Waals surface area contributed by atoms with Crippen LogP contribution in [0.2, 0.25) is 0 Å². The van der Waals surface area contributed by atoms with E-state index in [0.717, 1.165) is 11.6 Å². The van der Waals surface area contributed by atoms with Gasteiger partial charge in [-0.1, -0.05) is 54.6 Å². The standard InChI is InChI=1S/C20H16F3NO/c21-20(22,23)17-12-15(10-11-18(17)24)16-8-4-5-9-19(16)25-13-14-6-2-1-3-7-14/h1-12H,13,24H2. The second-order valence-electron chi connectivity index (χ2n) is 5.57. The van der Waals surface area contributed by atoms with Crippen LogP contribution in [0.5, 0.6) is 5.75 Å². The molecule has 3 aromatic rings. The zero-order chi connectivity index (χ0) is 17.9. The normalized spacial score (nSPS) is 11.3. The highest BCUT2D eigenvalue weighted by Crippen LogP contribution is 2.38. The number of hydrogen-bond acceptors (Lipinski definition) is 2. The second-order valence-corrected chi connectivity index (χ2v) is 5.57. The number of para-hydroxylation sites is 1. The van der Waals surface area contributed by atoms with Gasteiger partial charge >= 0.3 is 6.18 Å². The molecule has 0 aliphatic carbocycles. The molecule has 0 spiro atoms. The van der Waals surface area contributed by atoms with Crippen LogP contribution in [0.1, 0.15) is 11.1 Å². The minimum absolute atomic E-state index is 0.293. The number of hydrogen-bond donors (Lipinski definition) is 1. The molecular formula is C20H16F3NO. The van der Waals surface area contributed by atoms with Gasteiger partial charge in [-0.15, -0.1) is 0 Å². The van der Waals surface area contributed by atoms with Crippen LogP contribution in [0.25, 0.3) is 11.1 Å². The van der Waals surface area contributed by atoms with E-state index >= 15 is 0 Å². The van der Waals surface area contributed by atoms with Crippen molar-refractivity contribution in [3.05, 3.63) is 83.9 Å². The maximum atomic E-state index is 13.1. The molecule has 0 amide bonds. The lowest BCUT2D eigenvalue weighted by Gasteiger charge is -2.15. The highest BCUT2D eigenvalue weighted by Gasteiger charge is 2.33. The van der Waals surface area contributed by atoms with Crippen LogP contribution < -0.4 is 10.5 Å². The van der Waals surface area contributed by atoms with Gasteiger partial charge in [-0.05, 0) is 29.3 Å². The van der Waals surface area contributed by atoms with Crippen LogP contribution in [0.4, 0.5) is 18.9 Å². The summed E-state index contributed by atoms with van der Waals surface area (Å²) in [5.41, 5.74) is 6.31. The summed E-state index contributed by atoms with van der Waals surface area (Å²) in [4.78, 5) is 0. The van der Waals surface area contributed by atoms with Gasteiger partial charge in [0.2, 0.25) is 0 Å². The fourth-order valence-electron chi connectivity index (χ4n) is 2.54. The first kappa shape index (κ1) is 16.9. The molecule has 0 aromatic heterocycles. The Morgan fingerprint density at radius 2 is 1.52 bits per heavy atom. The lowest BCUT2D eigenvalue weighted by Crippen LogP contribution is -2.09. The van der Waals surface area contributed by atoms with Crippen molar-refractivity contribution in [3.63, 3.8) is 0 Å². The minimum atomic E-state index is -4.50. The number of rotatable bonds is 4. The topological polar surface area (TPSA) is 35.2 Å². The summed E-state index contributed by atoms with van der Waals surface area (Å²) in [6.45, 7) is 0.332. The number of ether oxygens (including phenoxy) is 1. The molecular weight excluding hydrogens is 327 g/mol. The first-order valence-electron chi connectivity index (χ1n) is 7.68. The minimum Gasteiger partial charge on any atom is -0.488 e. The average Bonchev–Trinajstić information content (AvgIpc) is 2.61. The molecule has 3 aromatic carbocycles. The molecule has 0 saturated carbocycles. The molecule has 25 heavy (non-hydrogen) atoms. The number of nitrogens with two attached hydrogens (primary N) is 1. The molecule has 0 aliphatic heterocycles. The zero-order valence-corrected chi connectivity index (χ0v) is 13.3. The Bertz CT molecular complexity index is 860. The average molecular weight is 343 g/mol. The van der Waals surface area contributed by atoms with Crippen molar-refractivity contribution >= 4 is 5.69 Å². The van der Waals surface area contributed by atoms with Gasteiger partial charge in [-0.3, -0.25) is 0 Å². The molecule has 0 aliphatic rings. The largest absolute Gasteiger partial charge is 0.488 e. The Kier molecular flexibility index (Phi) is 4.65. The van der Waals surface area contributed by atoms with Crippen molar-refractivity contribution in [1.29, 1.82) is 0 Å². The fraction of sp³-hybridized carbons (Fsp3) is 0.100. The third kappa shape index (κ3) is 3.94. The summed E-state index contributed by atoms with van der Waals surface area (Å²) < 4.78 is 45.1. The second kappa shape index (κ2) is 6.89. The van der Waals surface area contributed by atoms with Gasteiger partial charge in [0.05, 0.1) is 5.56 Å². The van der Waals surface area contributed by atoms with E-state index in [1.165, 1.54) is 6.07 Å². The lowest BCUT2D eigenvalue weighted by molar-refractivity contribution is -0.136. The molecule has 2 N–H and O–H groups in total. The Balaban J connectivity index is 1.93. The summed E-state index contributed by atoms with van der Waals surface area (Å²) in [6.07, 6.45) is -4.50. The van der Waals surface area contributed by atoms with Crippen molar-refractivity contribution in [2.24, 2.45) is 0 Å². The highest BCUT2D eigenvalue weighted by atomic mass is 19.4. The maximum absolute atomic E-state index is 13.1. The predicted octanol–water partition coefficient (Wildman–Crippen LogP) is 5.53. The number of nitrogen functional groups attached to an aromatic ring is 1.